The molecule has 64 valence electrons. The predicted octanol–water partition coefficient (Wildman–Crippen LogP) is 1.77. The zero-order valence-electron chi connectivity index (χ0n) is 7.20. The quantitative estimate of drug-likeness (QED) is 0.559. The first kappa shape index (κ1) is 7.92. The summed E-state index contributed by atoms with van der Waals surface area (Å²) in [5.74, 6) is -0.834. The third kappa shape index (κ3) is 1.20. The fraction of sp³-hybridized carbons (Fsp3) is 0.0909. The van der Waals surface area contributed by atoms with Crippen molar-refractivity contribution in [2.75, 3.05) is 0 Å². The van der Waals surface area contributed by atoms with Gasteiger partial charge in [0.2, 0.25) is 11.6 Å². The molecule has 1 aromatic rings. The summed E-state index contributed by atoms with van der Waals surface area (Å²) in [6, 6.07) is 5.52. The fourth-order valence-electron chi connectivity index (χ4n) is 1.39. The van der Waals surface area contributed by atoms with E-state index in [-0.39, 0.29) is 0 Å². The van der Waals surface area contributed by atoms with E-state index in [0.29, 0.717) is 5.56 Å². The molecule has 2 nitrogen and oxygen atoms in total. The first-order chi connectivity index (χ1) is 6.18. The number of aryl methyl sites for hydroxylation is 1. The van der Waals surface area contributed by atoms with Crippen LogP contribution in [0.4, 0.5) is 0 Å². The number of hydrogen-bond donors (Lipinski definition) is 0. The third-order valence-electron chi connectivity index (χ3n) is 2.09. The van der Waals surface area contributed by atoms with E-state index in [2.05, 4.69) is 0 Å². The minimum atomic E-state index is -0.432. The number of rotatable bonds is 0. The van der Waals surface area contributed by atoms with E-state index in [1.807, 2.05) is 19.1 Å². The summed E-state index contributed by atoms with van der Waals surface area (Å²) in [5.41, 5.74) is 2.35. The minimum Gasteiger partial charge on any atom is -0.286 e. The Hall–Kier alpha value is -1.70. The van der Waals surface area contributed by atoms with Gasteiger partial charge >= 0.3 is 0 Å². The monoisotopic (exact) mass is 172 g/mol. The standard InChI is InChI=1S/C11H8O2/c1-7-2-3-8-4-5-10(12)11(13)9(8)6-7/h2-6H,1H3. The molecule has 0 atom stereocenters. The van der Waals surface area contributed by atoms with Crippen molar-refractivity contribution >= 4 is 17.6 Å². The van der Waals surface area contributed by atoms with Crippen LogP contribution in [0.5, 0.6) is 0 Å². The lowest BCUT2D eigenvalue weighted by Crippen LogP contribution is -2.16. The number of allylic oxidation sites excluding steroid dienone is 1. The molecule has 0 spiro atoms. The van der Waals surface area contributed by atoms with Crippen molar-refractivity contribution in [3.8, 4) is 0 Å². The average Bonchev–Trinajstić information content (AvgIpc) is 2.12. The highest BCUT2D eigenvalue weighted by Gasteiger charge is 2.20. The zero-order chi connectivity index (χ0) is 9.42. The Morgan fingerprint density at radius 1 is 1.08 bits per heavy atom. The third-order valence-corrected chi connectivity index (χ3v) is 2.09. The average molecular weight is 172 g/mol. The van der Waals surface area contributed by atoms with Crippen molar-refractivity contribution in [3.63, 3.8) is 0 Å². The van der Waals surface area contributed by atoms with E-state index in [9.17, 15) is 9.59 Å². The number of benzene rings is 1. The summed E-state index contributed by atoms with van der Waals surface area (Å²) in [6.45, 7) is 1.90. The Balaban J connectivity index is 2.67. The van der Waals surface area contributed by atoms with Gasteiger partial charge in [-0.3, -0.25) is 9.59 Å². The van der Waals surface area contributed by atoms with Crippen LogP contribution in [0.25, 0.3) is 6.08 Å². The molecule has 0 amide bonds. The molecule has 0 saturated carbocycles. The van der Waals surface area contributed by atoms with Gasteiger partial charge < -0.3 is 0 Å². The maximum Gasteiger partial charge on any atom is 0.233 e. The summed E-state index contributed by atoms with van der Waals surface area (Å²) in [6.07, 6.45) is 3.00. The minimum absolute atomic E-state index is 0.402. The van der Waals surface area contributed by atoms with Crippen molar-refractivity contribution in [3.05, 3.63) is 41.0 Å². The number of Topliss-reactive ketones (excluding diaryl/α,β-unsaturated/α-hetero) is 1. The molecule has 0 saturated heterocycles. The SMILES string of the molecule is Cc1ccc2c(c1)C(=O)C(=O)C=C2. The van der Waals surface area contributed by atoms with Crippen LogP contribution < -0.4 is 0 Å². The van der Waals surface area contributed by atoms with Gasteiger partial charge in [0.25, 0.3) is 0 Å². The van der Waals surface area contributed by atoms with Crippen molar-refractivity contribution < 1.29 is 9.59 Å². The molecular formula is C11H8O2. The number of carbonyl (C=O) groups excluding carboxylic acids is 2. The molecule has 0 aliphatic heterocycles. The summed E-state index contributed by atoms with van der Waals surface area (Å²) in [5, 5.41) is 0. The van der Waals surface area contributed by atoms with Gasteiger partial charge in [-0.1, -0.05) is 23.8 Å². The van der Waals surface area contributed by atoms with Gasteiger partial charge in [-0.05, 0) is 24.6 Å². The van der Waals surface area contributed by atoms with Gasteiger partial charge in [0.15, 0.2) is 0 Å². The smallest absolute Gasteiger partial charge is 0.233 e. The topological polar surface area (TPSA) is 34.1 Å². The Labute approximate surface area is 75.9 Å². The van der Waals surface area contributed by atoms with Crippen LogP contribution in [0, 0.1) is 6.92 Å². The first-order valence-corrected chi connectivity index (χ1v) is 4.06. The molecule has 0 fully saturated rings. The second kappa shape index (κ2) is 2.66. The molecule has 1 aliphatic carbocycles. The highest BCUT2D eigenvalue weighted by Crippen LogP contribution is 2.18. The van der Waals surface area contributed by atoms with Gasteiger partial charge in [-0.2, -0.15) is 0 Å². The van der Waals surface area contributed by atoms with E-state index in [4.69, 9.17) is 0 Å². The molecule has 1 aliphatic rings. The van der Waals surface area contributed by atoms with Crippen LogP contribution in [0.15, 0.2) is 24.3 Å². The van der Waals surface area contributed by atoms with Crippen LogP contribution >= 0.6 is 0 Å². The first-order valence-electron chi connectivity index (χ1n) is 4.06. The van der Waals surface area contributed by atoms with Gasteiger partial charge in [-0.25, -0.2) is 0 Å². The van der Waals surface area contributed by atoms with Gasteiger partial charge in [0.05, 0.1) is 0 Å². The second-order valence-corrected chi connectivity index (χ2v) is 3.12. The van der Waals surface area contributed by atoms with Crippen LogP contribution in [0.3, 0.4) is 0 Å². The lowest BCUT2D eigenvalue weighted by Gasteiger charge is -2.08. The Kier molecular flexibility index (Phi) is 1.62. The van der Waals surface area contributed by atoms with Crippen LogP contribution in [0.1, 0.15) is 21.5 Å². The highest BCUT2D eigenvalue weighted by molar-refractivity contribution is 6.49. The lowest BCUT2D eigenvalue weighted by atomic mass is 9.94. The largest absolute Gasteiger partial charge is 0.286 e. The summed E-state index contributed by atoms with van der Waals surface area (Å²) < 4.78 is 0. The fourth-order valence-corrected chi connectivity index (χ4v) is 1.39. The molecule has 2 rings (SSSR count). The molecular weight excluding hydrogens is 164 g/mol. The molecule has 0 N–H and O–H groups in total. The van der Waals surface area contributed by atoms with Gasteiger partial charge in [0, 0.05) is 5.56 Å². The summed E-state index contributed by atoms with van der Waals surface area (Å²) >= 11 is 0. The number of hydrogen-bond acceptors (Lipinski definition) is 2. The maximum absolute atomic E-state index is 11.4. The Morgan fingerprint density at radius 3 is 2.62 bits per heavy atom. The second-order valence-electron chi connectivity index (χ2n) is 3.12. The summed E-state index contributed by atoms with van der Waals surface area (Å²) in [4.78, 5) is 22.4. The van der Waals surface area contributed by atoms with E-state index in [1.165, 1.54) is 6.08 Å². The molecule has 0 heterocycles. The maximum atomic E-state index is 11.4. The summed E-state index contributed by atoms with van der Waals surface area (Å²) in [7, 11) is 0. The van der Waals surface area contributed by atoms with Crippen LogP contribution in [-0.4, -0.2) is 11.6 Å². The Morgan fingerprint density at radius 2 is 1.85 bits per heavy atom. The van der Waals surface area contributed by atoms with E-state index in [0.717, 1.165) is 11.1 Å². The van der Waals surface area contributed by atoms with Crippen molar-refractivity contribution in [2.24, 2.45) is 0 Å². The lowest BCUT2D eigenvalue weighted by molar-refractivity contribution is -0.110. The molecule has 0 unspecified atom stereocenters. The van der Waals surface area contributed by atoms with E-state index in [1.54, 1.807) is 12.1 Å². The van der Waals surface area contributed by atoms with Gasteiger partial charge in [-0.15, -0.1) is 0 Å². The van der Waals surface area contributed by atoms with Crippen molar-refractivity contribution in [1.82, 2.24) is 0 Å². The van der Waals surface area contributed by atoms with E-state index < -0.39 is 11.6 Å². The van der Waals surface area contributed by atoms with Crippen molar-refractivity contribution in [1.29, 1.82) is 0 Å². The molecule has 0 aromatic heterocycles. The van der Waals surface area contributed by atoms with Crippen molar-refractivity contribution in [2.45, 2.75) is 6.92 Å². The predicted molar refractivity (Wildman–Crippen MR) is 49.6 cm³/mol. The number of ketones is 2. The highest BCUT2D eigenvalue weighted by atomic mass is 16.2. The van der Waals surface area contributed by atoms with Crippen LogP contribution in [0.2, 0.25) is 0 Å². The molecule has 1 aromatic carbocycles. The molecule has 0 radical (unpaired) electrons. The zero-order valence-corrected chi connectivity index (χ0v) is 7.20. The molecule has 2 heteroatoms. The normalized spacial score (nSPS) is 14.5. The number of carbonyl (C=O) groups is 2. The number of fused-ring (bicyclic) bond motifs is 1. The van der Waals surface area contributed by atoms with Crippen LogP contribution in [-0.2, 0) is 4.79 Å². The molecule has 0 bridgehead atoms. The Bertz CT molecular complexity index is 428. The molecule has 13 heavy (non-hydrogen) atoms. The van der Waals surface area contributed by atoms with Gasteiger partial charge in [0.1, 0.15) is 0 Å². The van der Waals surface area contributed by atoms with E-state index >= 15 is 0 Å².